The van der Waals surface area contributed by atoms with E-state index in [4.69, 9.17) is 11.0 Å². The quantitative estimate of drug-likeness (QED) is 0.754. The maximum absolute atomic E-state index is 11.9. The average Bonchev–Trinajstić information content (AvgIpc) is 2.65. The molecular weight excluding hydrogens is 202 g/mol. The molecule has 90 valence electrons. The van der Waals surface area contributed by atoms with E-state index in [2.05, 4.69) is 11.4 Å². The number of nitrogens with zero attached hydrogens (tertiary/aromatic N) is 1. The van der Waals surface area contributed by atoms with Crippen LogP contribution < -0.4 is 11.1 Å². The first-order chi connectivity index (χ1) is 7.51. The van der Waals surface area contributed by atoms with Crippen molar-refractivity contribution in [2.75, 3.05) is 0 Å². The van der Waals surface area contributed by atoms with Crippen LogP contribution >= 0.6 is 0 Å². The summed E-state index contributed by atoms with van der Waals surface area (Å²) in [5.74, 6) is -0.164. The van der Waals surface area contributed by atoms with Gasteiger partial charge in [-0.3, -0.25) is 4.79 Å². The smallest absolute Gasteiger partial charge is 0.240 e. The van der Waals surface area contributed by atoms with Crippen LogP contribution in [-0.4, -0.2) is 17.5 Å². The van der Waals surface area contributed by atoms with Crippen LogP contribution in [0.15, 0.2) is 0 Å². The van der Waals surface area contributed by atoms with Crippen molar-refractivity contribution in [3.63, 3.8) is 0 Å². The number of hydrogen-bond donors (Lipinski definition) is 2. The van der Waals surface area contributed by atoms with E-state index in [1.807, 2.05) is 6.92 Å². The van der Waals surface area contributed by atoms with Gasteiger partial charge >= 0.3 is 0 Å². The third kappa shape index (κ3) is 2.96. The van der Waals surface area contributed by atoms with Crippen molar-refractivity contribution in [1.29, 1.82) is 5.26 Å². The Balaban J connectivity index is 2.54. The summed E-state index contributed by atoms with van der Waals surface area (Å²) in [4.78, 5) is 11.9. The van der Waals surface area contributed by atoms with Crippen LogP contribution in [0.4, 0.5) is 0 Å². The van der Waals surface area contributed by atoms with Gasteiger partial charge in [-0.1, -0.05) is 13.3 Å². The van der Waals surface area contributed by atoms with Crippen LogP contribution in [0, 0.1) is 17.2 Å². The molecule has 0 aromatic rings. The monoisotopic (exact) mass is 223 g/mol. The van der Waals surface area contributed by atoms with Gasteiger partial charge in [0.2, 0.25) is 5.91 Å². The SMILES string of the molecule is CCCC(C)(N)C(=O)NC1CCCC1C#N. The number of carbonyl (C=O) groups excluding carboxylic acids is 1. The van der Waals surface area contributed by atoms with Gasteiger partial charge in [-0.2, -0.15) is 5.26 Å². The molecule has 0 bridgehead atoms. The number of amides is 1. The van der Waals surface area contributed by atoms with Gasteiger partial charge in [-0.15, -0.1) is 0 Å². The Morgan fingerprint density at radius 3 is 2.88 bits per heavy atom. The number of carbonyl (C=O) groups is 1. The summed E-state index contributed by atoms with van der Waals surface area (Å²) in [5, 5.41) is 11.8. The lowest BCUT2D eigenvalue weighted by atomic mass is 9.95. The number of hydrogen-bond acceptors (Lipinski definition) is 3. The van der Waals surface area contributed by atoms with Crippen LogP contribution in [-0.2, 0) is 4.79 Å². The van der Waals surface area contributed by atoms with Crippen molar-refractivity contribution in [1.82, 2.24) is 5.32 Å². The second kappa shape index (κ2) is 5.31. The van der Waals surface area contributed by atoms with Gasteiger partial charge < -0.3 is 11.1 Å². The predicted molar refractivity (Wildman–Crippen MR) is 62.4 cm³/mol. The molecule has 1 fully saturated rings. The minimum Gasteiger partial charge on any atom is -0.350 e. The van der Waals surface area contributed by atoms with Crippen molar-refractivity contribution < 1.29 is 4.79 Å². The largest absolute Gasteiger partial charge is 0.350 e. The number of nitrogens with one attached hydrogen (secondary N) is 1. The lowest BCUT2D eigenvalue weighted by molar-refractivity contribution is -0.126. The Hall–Kier alpha value is -1.08. The highest BCUT2D eigenvalue weighted by molar-refractivity contribution is 5.85. The molecule has 1 saturated carbocycles. The zero-order chi connectivity index (χ0) is 12.2. The maximum atomic E-state index is 11.9. The van der Waals surface area contributed by atoms with Gasteiger partial charge in [0.05, 0.1) is 17.5 Å². The summed E-state index contributed by atoms with van der Waals surface area (Å²) in [7, 11) is 0. The molecule has 1 amide bonds. The fourth-order valence-electron chi connectivity index (χ4n) is 2.25. The lowest BCUT2D eigenvalue weighted by Crippen LogP contribution is -2.54. The molecule has 1 aliphatic carbocycles. The molecule has 0 aromatic carbocycles. The standard InChI is InChI=1S/C12H21N3O/c1-3-7-12(2,14)11(16)15-10-6-4-5-9(10)8-13/h9-10H,3-7,14H2,1-2H3,(H,15,16). The van der Waals surface area contributed by atoms with E-state index in [0.717, 1.165) is 25.7 Å². The lowest BCUT2D eigenvalue weighted by Gasteiger charge is -2.26. The average molecular weight is 223 g/mol. The van der Waals surface area contributed by atoms with Crippen LogP contribution in [0.3, 0.4) is 0 Å². The van der Waals surface area contributed by atoms with E-state index in [0.29, 0.717) is 6.42 Å². The van der Waals surface area contributed by atoms with E-state index in [-0.39, 0.29) is 17.9 Å². The second-order valence-corrected chi connectivity index (χ2v) is 4.91. The molecule has 0 saturated heterocycles. The van der Waals surface area contributed by atoms with E-state index in [1.165, 1.54) is 0 Å². The van der Waals surface area contributed by atoms with E-state index >= 15 is 0 Å². The molecular formula is C12H21N3O. The fourth-order valence-corrected chi connectivity index (χ4v) is 2.25. The molecule has 4 nitrogen and oxygen atoms in total. The van der Waals surface area contributed by atoms with Crippen LogP contribution in [0.2, 0.25) is 0 Å². The van der Waals surface area contributed by atoms with Crippen LogP contribution in [0.1, 0.15) is 46.0 Å². The zero-order valence-electron chi connectivity index (χ0n) is 10.1. The van der Waals surface area contributed by atoms with Gasteiger partial charge in [-0.05, 0) is 32.6 Å². The van der Waals surface area contributed by atoms with Crippen LogP contribution in [0.5, 0.6) is 0 Å². The van der Waals surface area contributed by atoms with Crippen LogP contribution in [0.25, 0.3) is 0 Å². The molecule has 0 radical (unpaired) electrons. The highest BCUT2D eigenvalue weighted by Gasteiger charge is 2.33. The third-order valence-corrected chi connectivity index (χ3v) is 3.29. The summed E-state index contributed by atoms with van der Waals surface area (Å²) in [6, 6.07) is 2.24. The summed E-state index contributed by atoms with van der Waals surface area (Å²) >= 11 is 0. The van der Waals surface area contributed by atoms with E-state index in [1.54, 1.807) is 6.92 Å². The highest BCUT2D eigenvalue weighted by Crippen LogP contribution is 2.25. The number of rotatable bonds is 4. The van der Waals surface area contributed by atoms with Crippen molar-refractivity contribution in [2.45, 2.75) is 57.5 Å². The first-order valence-electron chi connectivity index (χ1n) is 6.00. The molecule has 0 aliphatic heterocycles. The third-order valence-electron chi connectivity index (χ3n) is 3.29. The molecule has 0 spiro atoms. The van der Waals surface area contributed by atoms with Crippen molar-refractivity contribution >= 4 is 5.91 Å². The first-order valence-corrected chi connectivity index (χ1v) is 6.00. The second-order valence-electron chi connectivity index (χ2n) is 4.91. The van der Waals surface area contributed by atoms with Gasteiger partial charge in [0.1, 0.15) is 0 Å². The summed E-state index contributed by atoms with van der Waals surface area (Å²) < 4.78 is 0. The Morgan fingerprint density at radius 1 is 1.62 bits per heavy atom. The Labute approximate surface area is 97.2 Å². The minimum absolute atomic E-state index is 0.00256. The predicted octanol–water partition coefficient (Wildman–Crippen LogP) is 1.31. The highest BCUT2D eigenvalue weighted by atomic mass is 16.2. The van der Waals surface area contributed by atoms with E-state index in [9.17, 15) is 4.79 Å². The number of nitrogens with two attached hydrogens (primary N) is 1. The van der Waals surface area contributed by atoms with Crippen molar-refractivity contribution in [3.8, 4) is 6.07 Å². The molecule has 1 rings (SSSR count). The summed E-state index contributed by atoms with van der Waals surface area (Å²) in [6.45, 7) is 3.76. The Bertz CT molecular complexity index is 293. The van der Waals surface area contributed by atoms with Gasteiger partial charge in [0.25, 0.3) is 0 Å². The summed E-state index contributed by atoms with van der Waals surface area (Å²) in [5.41, 5.74) is 5.13. The van der Waals surface area contributed by atoms with Gasteiger partial charge in [0, 0.05) is 6.04 Å². The van der Waals surface area contributed by atoms with Crippen molar-refractivity contribution in [2.24, 2.45) is 11.7 Å². The molecule has 3 N–H and O–H groups in total. The van der Waals surface area contributed by atoms with Gasteiger partial charge in [0.15, 0.2) is 0 Å². The minimum atomic E-state index is -0.808. The zero-order valence-corrected chi connectivity index (χ0v) is 10.1. The fraction of sp³-hybridized carbons (Fsp3) is 0.833. The maximum Gasteiger partial charge on any atom is 0.240 e. The first kappa shape index (κ1) is 13.0. The Kier molecular flexibility index (Phi) is 4.31. The molecule has 16 heavy (non-hydrogen) atoms. The van der Waals surface area contributed by atoms with E-state index < -0.39 is 5.54 Å². The van der Waals surface area contributed by atoms with Gasteiger partial charge in [-0.25, -0.2) is 0 Å². The normalized spacial score (nSPS) is 28.1. The topological polar surface area (TPSA) is 78.9 Å². The molecule has 4 heteroatoms. The molecule has 0 aromatic heterocycles. The Morgan fingerprint density at radius 2 is 2.31 bits per heavy atom. The molecule has 1 aliphatic rings. The molecule has 3 unspecified atom stereocenters. The molecule has 0 heterocycles. The van der Waals surface area contributed by atoms with Crippen molar-refractivity contribution in [3.05, 3.63) is 0 Å². The molecule has 3 atom stereocenters. The number of nitriles is 1. The summed E-state index contributed by atoms with van der Waals surface area (Å²) in [6.07, 6.45) is 4.34.